The Morgan fingerprint density at radius 2 is 2.00 bits per heavy atom. The van der Waals surface area contributed by atoms with E-state index in [9.17, 15) is 13.6 Å². The van der Waals surface area contributed by atoms with E-state index in [1.165, 1.54) is 12.1 Å². The molecule has 1 heterocycles. The van der Waals surface area contributed by atoms with Crippen LogP contribution in [0.3, 0.4) is 0 Å². The molecular weight excluding hydrogens is 286 g/mol. The predicted octanol–water partition coefficient (Wildman–Crippen LogP) is 2.04. The molecule has 2 N–H and O–H groups in total. The molecule has 1 aromatic rings. The number of hydrogen-bond acceptors (Lipinski definition) is 2. The van der Waals surface area contributed by atoms with Gasteiger partial charge in [0.05, 0.1) is 5.41 Å². The maximum absolute atomic E-state index is 13.0. The summed E-state index contributed by atoms with van der Waals surface area (Å²) in [5, 5.41) is 5.99. The highest BCUT2D eigenvalue weighted by atomic mass is 35.5. The van der Waals surface area contributed by atoms with E-state index in [0.717, 1.165) is 19.0 Å². The Morgan fingerprint density at radius 1 is 1.35 bits per heavy atom. The summed E-state index contributed by atoms with van der Waals surface area (Å²) in [6.07, 6.45) is 1.23. The number of rotatable bonds is 4. The Kier molecular flexibility index (Phi) is 5.89. The Bertz CT molecular complexity index is 456. The first kappa shape index (κ1) is 16.9. The molecule has 0 bridgehead atoms. The Morgan fingerprint density at radius 3 is 2.55 bits per heavy atom. The molecule has 1 fully saturated rings. The molecule has 6 heteroatoms. The lowest BCUT2D eigenvalue weighted by molar-refractivity contribution is -0.129. The van der Waals surface area contributed by atoms with Crippen LogP contribution in [0.25, 0.3) is 0 Å². The first-order valence-corrected chi connectivity index (χ1v) is 6.44. The van der Waals surface area contributed by atoms with E-state index >= 15 is 0 Å². The predicted molar refractivity (Wildman–Crippen MR) is 75.9 cm³/mol. The molecule has 0 saturated carbocycles. The van der Waals surface area contributed by atoms with Crippen LogP contribution in [0.2, 0.25) is 0 Å². The molecule has 3 nitrogen and oxygen atoms in total. The molecule has 0 aromatic heterocycles. The summed E-state index contributed by atoms with van der Waals surface area (Å²) in [6, 6.07) is 3.41. The van der Waals surface area contributed by atoms with E-state index in [1.807, 2.05) is 6.92 Å². The van der Waals surface area contributed by atoms with Gasteiger partial charge in [-0.05, 0) is 44.0 Å². The van der Waals surface area contributed by atoms with E-state index in [1.54, 1.807) is 0 Å². The Balaban J connectivity index is 0.00000200. The molecule has 0 aliphatic carbocycles. The van der Waals surface area contributed by atoms with Gasteiger partial charge in [-0.15, -0.1) is 12.4 Å². The number of benzene rings is 1. The van der Waals surface area contributed by atoms with E-state index in [0.29, 0.717) is 25.1 Å². The van der Waals surface area contributed by atoms with Gasteiger partial charge >= 0.3 is 0 Å². The lowest BCUT2D eigenvalue weighted by Crippen LogP contribution is -2.41. The van der Waals surface area contributed by atoms with Crippen molar-refractivity contribution in [2.24, 2.45) is 5.41 Å². The van der Waals surface area contributed by atoms with Crippen molar-refractivity contribution in [3.8, 4) is 0 Å². The van der Waals surface area contributed by atoms with Crippen LogP contribution in [-0.4, -0.2) is 25.5 Å². The second kappa shape index (κ2) is 6.99. The Hall–Kier alpha value is -1.20. The molecule has 1 amide bonds. The summed E-state index contributed by atoms with van der Waals surface area (Å²) in [4.78, 5) is 12.0. The molecule has 112 valence electrons. The zero-order valence-electron chi connectivity index (χ0n) is 11.3. The van der Waals surface area contributed by atoms with Gasteiger partial charge in [0, 0.05) is 19.2 Å². The van der Waals surface area contributed by atoms with Gasteiger partial charge in [0.15, 0.2) is 0 Å². The summed E-state index contributed by atoms with van der Waals surface area (Å²) in [5.41, 5.74) is 0.181. The largest absolute Gasteiger partial charge is 0.355 e. The summed E-state index contributed by atoms with van der Waals surface area (Å²) in [7, 11) is 0. The van der Waals surface area contributed by atoms with Crippen molar-refractivity contribution in [3.63, 3.8) is 0 Å². The minimum absolute atomic E-state index is 0. The van der Waals surface area contributed by atoms with Crippen LogP contribution in [0, 0.1) is 17.0 Å². The summed E-state index contributed by atoms with van der Waals surface area (Å²) < 4.78 is 26.0. The van der Waals surface area contributed by atoms with Crippen LogP contribution in [0.5, 0.6) is 0 Å². The van der Waals surface area contributed by atoms with Gasteiger partial charge in [0.1, 0.15) is 11.6 Å². The second-order valence-corrected chi connectivity index (χ2v) is 5.27. The maximum Gasteiger partial charge on any atom is 0.227 e. The number of halogens is 3. The lowest BCUT2D eigenvalue weighted by Gasteiger charge is -2.21. The standard InChI is InChI=1S/C14H18F2N2O.ClH/c1-14(3-5-17-9-14)13(19)18-4-2-10-6-11(15)8-12(16)7-10;/h6-8,17H,2-5,9H2,1H3,(H,18,19);1H. The topological polar surface area (TPSA) is 41.1 Å². The lowest BCUT2D eigenvalue weighted by atomic mass is 9.89. The van der Waals surface area contributed by atoms with Crippen LogP contribution in [-0.2, 0) is 11.2 Å². The first-order valence-electron chi connectivity index (χ1n) is 6.44. The molecule has 1 aromatic carbocycles. The van der Waals surface area contributed by atoms with Gasteiger partial charge in [0.2, 0.25) is 5.91 Å². The van der Waals surface area contributed by atoms with Gasteiger partial charge in [0.25, 0.3) is 0 Å². The van der Waals surface area contributed by atoms with Crippen molar-refractivity contribution < 1.29 is 13.6 Å². The van der Waals surface area contributed by atoms with Crippen molar-refractivity contribution in [1.29, 1.82) is 0 Å². The molecule has 1 unspecified atom stereocenters. The van der Waals surface area contributed by atoms with Crippen LogP contribution in [0.4, 0.5) is 8.78 Å². The molecule has 1 atom stereocenters. The van der Waals surface area contributed by atoms with Crippen molar-refractivity contribution in [1.82, 2.24) is 10.6 Å². The fraction of sp³-hybridized carbons (Fsp3) is 0.500. The Labute approximate surface area is 123 Å². The minimum Gasteiger partial charge on any atom is -0.355 e. The second-order valence-electron chi connectivity index (χ2n) is 5.27. The van der Waals surface area contributed by atoms with E-state index in [-0.39, 0.29) is 23.7 Å². The number of amides is 1. The van der Waals surface area contributed by atoms with E-state index in [2.05, 4.69) is 10.6 Å². The first-order chi connectivity index (χ1) is 8.99. The summed E-state index contributed by atoms with van der Waals surface area (Å²) in [5.74, 6) is -1.18. The smallest absolute Gasteiger partial charge is 0.227 e. The highest BCUT2D eigenvalue weighted by molar-refractivity contribution is 5.85. The van der Waals surface area contributed by atoms with E-state index in [4.69, 9.17) is 0 Å². The quantitative estimate of drug-likeness (QED) is 0.894. The van der Waals surface area contributed by atoms with Gasteiger partial charge < -0.3 is 10.6 Å². The summed E-state index contributed by atoms with van der Waals surface area (Å²) >= 11 is 0. The number of nitrogens with one attached hydrogen (secondary N) is 2. The fourth-order valence-electron chi connectivity index (χ4n) is 2.30. The third-order valence-corrected chi connectivity index (χ3v) is 3.54. The fourth-order valence-corrected chi connectivity index (χ4v) is 2.30. The molecule has 20 heavy (non-hydrogen) atoms. The molecule has 0 spiro atoms. The SMILES string of the molecule is CC1(C(=O)NCCc2cc(F)cc(F)c2)CCNC1.Cl. The number of carbonyl (C=O) groups excluding carboxylic acids is 1. The number of carbonyl (C=O) groups is 1. The van der Waals surface area contributed by atoms with Gasteiger partial charge in [-0.25, -0.2) is 8.78 Å². The van der Waals surface area contributed by atoms with Crippen molar-refractivity contribution in [3.05, 3.63) is 35.4 Å². The molecule has 1 saturated heterocycles. The molecular formula is C14H19ClF2N2O. The van der Waals surface area contributed by atoms with Crippen LogP contribution < -0.4 is 10.6 Å². The van der Waals surface area contributed by atoms with Crippen molar-refractivity contribution >= 4 is 18.3 Å². The minimum atomic E-state index is -0.590. The van der Waals surface area contributed by atoms with Crippen LogP contribution in [0.15, 0.2) is 18.2 Å². The van der Waals surface area contributed by atoms with Crippen molar-refractivity contribution in [2.45, 2.75) is 19.8 Å². The monoisotopic (exact) mass is 304 g/mol. The average Bonchev–Trinajstić information content (AvgIpc) is 2.76. The number of hydrogen-bond donors (Lipinski definition) is 2. The highest BCUT2D eigenvalue weighted by Gasteiger charge is 2.35. The average molecular weight is 305 g/mol. The normalized spacial score (nSPS) is 21.4. The molecule has 1 aliphatic heterocycles. The zero-order valence-corrected chi connectivity index (χ0v) is 12.2. The summed E-state index contributed by atoms with van der Waals surface area (Å²) in [6.45, 7) is 3.83. The third kappa shape index (κ3) is 4.15. The van der Waals surface area contributed by atoms with Crippen LogP contribution in [0.1, 0.15) is 18.9 Å². The molecule has 2 rings (SSSR count). The zero-order chi connectivity index (χ0) is 13.9. The van der Waals surface area contributed by atoms with Crippen molar-refractivity contribution in [2.75, 3.05) is 19.6 Å². The third-order valence-electron chi connectivity index (χ3n) is 3.54. The van der Waals surface area contributed by atoms with Gasteiger partial charge in [-0.2, -0.15) is 0 Å². The maximum atomic E-state index is 13.0. The van der Waals surface area contributed by atoms with Gasteiger partial charge in [-0.3, -0.25) is 4.79 Å². The molecule has 0 radical (unpaired) electrons. The highest BCUT2D eigenvalue weighted by Crippen LogP contribution is 2.24. The van der Waals surface area contributed by atoms with E-state index < -0.39 is 11.6 Å². The molecule has 1 aliphatic rings. The van der Waals surface area contributed by atoms with Crippen LogP contribution >= 0.6 is 12.4 Å². The van der Waals surface area contributed by atoms with Gasteiger partial charge in [-0.1, -0.05) is 0 Å².